The van der Waals surface area contributed by atoms with Crippen LogP contribution in [0, 0.1) is 0 Å². The Hall–Kier alpha value is -0.420. The van der Waals surface area contributed by atoms with Crippen molar-refractivity contribution in [2.24, 2.45) is 0 Å². The van der Waals surface area contributed by atoms with Gasteiger partial charge in [-0.05, 0) is 37.2 Å². The van der Waals surface area contributed by atoms with Crippen LogP contribution in [0.5, 0.6) is 0 Å². The molecule has 1 unspecified atom stereocenters. The summed E-state index contributed by atoms with van der Waals surface area (Å²) in [7, 11) is 1.77. The predicted octanol–water partition coefficient (Wildman–Crippen LogP) is 3.93. The summed E-state index contributed by atoms with van der Waals surface area (Å²) in [4.78, 5) is 0. The van der Waals surface area contributed by atoms with Gasteiger partial charge in [-0.1, -0.05) is 23.2 Å². The van der Waals surface area contributed by atoms with Crippen LogP contribution in [0.25, 0.3) is 0 Å². The molecule has 1 aromatic rings. The summed E-state index contributed by atoms with van der Waals surface area (Å²) >= 11 is 12.0. The highest BCUT2D eigenvalue weighted by molar-refractivity contribution is 6.33. The van der Waals surface area contributed by atoms with E-state index in [0.717, 1.165) is 5.56 Å². The molecule has 1 atom stereocenters. The molecular weight excluding hydrogens is 283 g/mol. The molecule has 0 spiro atoms. The maximum Gasteiger partial charge on any atom is 0.261 e. The fraction of sp³-hybridized carbons (Fsp3) is 0.500. The third-order valence-corrected chi connectivity index (χ3v) is 3.06. The second-order valence-corrected chi connectivity index (χ2v) is 4.61. The lowest BCUT2D eigenvalue weighted by atomic mass is 10.0. The molecule has 0 fully saturated rings. The first-order chi connectivity index (χ1) is 8.54. The lowest BCUT2D eigenvalue weighted by molar-refractivity contribution is 0.0145. The molecular formula is C12H15Cl2F2NO. The van der Waals surface area contributed by atoms with E-state index in [4.69, 9.17) is 27.9 Å². The van der Waals surface area contributed by atoms with Crippen LogP contribution in [-0.2, 0) is 4.74 Å². The first kappa shape index (κ1) is 15.6. The van der Waals surface area contributed by atoms with Crippen molar-refractivity contribution in [3.05, 3.63) is 33.8 Å². The molecule has 0 radical (unpaired) electrons. The molecule has 2 nitrogen and oxygen atoms in total. The molecule has 0 aliphatic carbocycles. The molecule has 0 saturated heterocycles. The van der Waals surface area contributed by atoms with Crippen LogP contribution in [-0.4, -0.2) is 26.7 Å². The largest absolute Gasteiger partial charge is 0.375 e. The Balaban J connectivity index is 2.57. The number of rotatable bonds is 7. The normalized spacial score (nSPS) is 13.0. The average Bonchev–Trinajstić information content (AvgIpc) is 2.33. The van der Waals surface area contributed by atoms with E-state index in [1.807, 2.05) is 0 Å². The number of hydrogen-bond acceptors (Lipinski definition) is 2. The van der Waals surface area contributed by atoms with Gasteiger partial charge in [-0.15, -0.1) is 0 Å². The van der Waals surface area contributed by atoms with Crippen molar-refractivity contribution in [3.8, 4) is 0 Å². The average molecular weight is 298 g/mol. The van der Waals surface area contributed by atoms with E-state index in [0.29, 0.717) is 16.5 Å². The van der Waals surface area contributed by atoms with Gasteiger partial charge >= 0.3 is 0 Å². The third-order valence-electron chi connectivity index (χ3n) is 2.48. The van der Waals surface area contributed by atoms with Crippen molar-refractivity contribution >= 4 is 23.2 Å². The summed E-state index contributed by atoms with van der Waals surface area (Å²) in [5.41, 5.74) is 0.840. The molecule has 6 heteroatoms. The van der Waals surface area contributed by atoms with Crippen LogP contribution < -0.4 is 5.32 Å². The van der Waals surface area contributed by atoms with Gasteiger partial charge in [-0.2, -0.15) is 0 Å². The molecule has 18 heavy (non-hydrogen) atoms. The monoisotopic (exact) mass is 297 g/mol. The van der Waals surface area contributed by atoms with Gasteiger partial charge in [0.25, 0.3) is 6.43 Å². The number of nitrogens with one attached hydrogen (secondary N) is 1. The highest BCUT2D eigenvalue weighted by Gasteiger charge is 2.13. The molecule has 0 aromatic heterocycles. The van der Waals surface area contributed by atoms with E-state index in [9.17, 15) is 8.78 Å². The number of alkyl halides is 2. The lowest BCUT2D eigenvalue weighted by Gasteiger charge is -2.18. The molecule has 0 aliphatic heterocycles. The standard InChI is InChI=1S/C12H15Cl2F2NO/c1-17-11(4-5-18-7-12(15)16)9-6-8(13)2-3-10(9)14/h2-3,6,11-12,17H,4-5,7H2,1H3. The van der Waals surface area contributed by atoms with Gasteiger partial charge in [0.2, 0.25) is 0 Å². The summed E-state index contributed by atoms with van der Waals surface area (Å²) in [6, 6.07) is 5.10. The molecule has 0 aliphatic rings. The van der Waals surface area contributed by atoms with Crippen LogP contribution in [0.15, 0.2) is 18.2 Å². The smallest absolute Gasteiger partial charge is 0.261 e. The maximum atomic E-state index is 11.9. The predicted molar refractivity (Wildman–Crippen MR) is 69.7 cm³/mol. The van der Waals surface area contributed by atoms with E-state index >= 15 is 0 Å². The van der Waals surface area contributed by atoms with Crippen molar-refractivity contribution in [2.75, 3.05) is 20.3 Å². The molecule has 1 rings (SSSR count). The van der Waals surface area contributed by atoms with Gasteiger partial charge in [-0.3, -0.25) is 0 Å². The van der Waals surface area contributed by atoms with Gasteiger partial charge < -0.3 is 10.1 Å². The summed E-state index contributed by atoms with van der Waals surface area (Å²) < 4.78 is 28.7. The summed E-state index contributed by atoms with van der Waals surface area (Å²) in [5.74, 6) is 0. The first-order valence-electron chi connectivity index (χ1n) is 5.52. The van der Waals surface area contributed by atoms with Crippen LogP contribution in [0.4, 0.5) is 8.78 Å². The van der Waals surface area contributed by atoms with Gasteiger partial charge in [0.1, 0.15) is 6.61 Å². The van der Waals surface area contributed by atoms with Crippen molar-refractivity contribution < 1.29 is 13.5 Å². The zero-order valence-electron chi connectivity index (χ0n) is 9.93. The molecule has 1 N–H and O–H groups in total. The summed E-state index contributed by atoms with van der Waals surface area (Å²) in [5, 5.41) is 4.24. The van der Waals surface area contributed by atoms with Crippen molar-refractivity contribution in [2.45, 2.75) is 18.9 Å². The maximum absolute atomic E-state index is 11.9. The van der Waals surface area contributed by atoms with Gasteiger partial charge in [0.15, 0.2) is 0 Å². The van der Waals surface area contributed by atoms with Crippen molar-refractivity contribution in [1.29, 1.82) is 0 Å². The Morgan fingerprint density at radius 1 is 1.33 bits per heavy atom. The van der Waals surface area contributed by atoms with Crippen LogP contribution in [0.1, 0.15) is 18.0 Å². The van der Waals surface area contributed by atoms with E-state index in [1.54, 1.807) is 25.2 Å². The number of hydrogen-bond donors (Lipinski definition) is 1. The van der Waals surface area contributed by atoms with E-state index < -0.39 is 13.0 Å². The minimum absolute atomic E-state index is 0.0751. The summed E-state index contributed by atoms with van der Waals surface area (Å²) in [6.45, 7) is -0.307. The number of halogens is 4. The Kier molecular flexibility index (Phi) is 6.86. The molecule has 0 bridgehead atoms. The third kappa shape index (κ3) is 5.06. The van der Waals surface area contributed by atoms with Gasteiger partial charge in [0, 0.05) is 22.7 Å². The lowest BCUT2D eigenvalue weighted by Crippen LogP contribution is -2.19. The number of benzene rings is 1. The zero-order chi connectivity index (χ0) is 13.5. The second kappa shape index (κ2) is 7.89. The number of ether oxygens (including phenoxy) is 1. The van der Waals surface area contributed by atoms with E-state index in [2.05, 4.69) is 5.32 Å². The second-order valence-electron chi connectivity index (χ2n) is 3.76. The van der Waals surface area contributed by atoms with Crippen molar-refractivity contribution in [1.82, 2.24) is 5.32 Å². The summed E-state index contributed by atoms with van der Waals surface area (Å²) in [6.07, 6.45) is -1.89. The first-order valence-corrected chi connectivity index (χ1v) is 6.28. The molecule has 0 saturated carbocycles. The highest BCUT2D eigenvalue weighted by Crippen LogP contribution is 2.28. The molecule has 0 amide bonds. The molecule has 1 aromatic carbocycles. The molecule has 102 valence electrons. The van der Waals surface area contributed by atoms with Gasteiger partial charge in [0.05, 0.1) is 0 Å². The van der Waals surface area contributed by atoms with E-state index in [-0.39, 0.29) is 12.6 Å². The van der Waals surface area contributed by atoms with Crippen LogP contribution in [0.3, 0.4) is 0 Å². The van der Waals surface area contributed by atoms with Crippen LogP contribution >= 0.6 is 23.2 Å². The van der Waals surface area contributed by atoms with Gasteiger partial charge in [-0.25, -0.2) is 8.78 Å². The molecule has 0 heterocycles. The topological polar surface area (TPSA) is 21.3 Å². The fourth-order valence-electron chi connectivity index (χ4n) is 1.61. The van der Waals surface area contributed by atoms with Crippen LogP contribution in [0.2, 0.25) is 10.0 Å². The minimum Gasteiger partial charge on any atom is -0.375 e. The quantitative estimate of drug-likeness (QED) is 0.770. The fourth-order valence-corrected chi connectivity index (χ4v) is 2.04. The van der Waals surface area contributed by atoms with E-state index in [1.165, 1.54) is 0 Å². The Morgan fingerprint density at radius 2 is 2.06 bits per heavy atom. The van der Waals surface area contributed by atoms with Crippen molar-refractivity contribution in [3.63, 3.8) is 0 Å². The SMILES string of the molecule is CNC(CCOCC(F)F)c1cc(Cl)ccc1Cl. The highest BCUT2D eigenvalue weighted by atomic mass is 35.5. The minimum atomic E-state index is -2.44. The Labute approximate surface area is 115 Å². The Bertz CT molecular complexity index is 377. The Morgan fingerprint density at radius 3 is 2.67 bits per heavy atom. The zero-order valence-corrected chi connectivity index (χ0v) is 11.4.